The second-order valence-corrected chi connectivity index (χ2v) is 7.20. The lowest BCUT2D eigenvalue weighted by molar-refractivity contribution is -0.0864. The molecule has 21 heavy (non-hydrogen) atoms. The highest BCUT2D eigenvalue weighted by molar-refractivity contribution is 7.89. The van der Waals surface area contributed by atoms with Gasteiger partial charge in [-0.05, 0) is 49.9 Å². The van der Waals surface area contributed by atoms with Crippen LogP contribution in [0.1, 0.15) is 39.5 Å². The molecule has 0 amide bonds. The summed E-state index contributed by atoms with van der Waals surface area (Å²) in [5, 5.41) is 8.57. The number of anilines is 1. The van der Waals surface area contributed by atoms with Gasteiger partial charge in [0.1, 0.15) is 0 Å². The van der Waals surface area contributed by atoms with E-state index in [0.717, 1.165) is 38.0 Å². The summed E-state index contributed by atoms with van der Waals surface area (Å²) in [5.74, 6) is 0. The molecule has 2 rings (SSSR count). The molecule has 0 radical (unpaired) electrons. The van der Waals surface area contributed by atoms with Gasteiger partial charge in [-0.3, -0.25) is 0 Å². The molecule has 118 valence electrons. The molecule has 1 heterocycles. The predicted octanol–water partition coefficient (Wildman–Crippen LogP) is 2.48. The maximum atomic E-state index is 11.2. The first-order valence-electron chi connectivity index (χ1n) is 7.42. The molecule has 0 saturated carbocycles. The second kappa shape index (κ2) is 6.34. The summed E-state index contributed by atoms with van der Waals surface area (Å²) in [6.45, 7) is 5.08. The van der Waals surface area contributed by atoms with E-state index in [-0.39, 0.29) is 10.5 Å². The lowest BCUT2D eigenvalue weighted by Crippen LogP contribution is -2.43. The lowest BCUT2D eigenvalue weighted by atomic mass is 9.86. The fourth-order valence-electron chi connectivity index (χ4n) is 2.87. The highest BCUT2D eigenvalue weighted by Crippen LogP contribution is 2.32. The van der Waals surface area contributed by atoms with E-state index in [1.807, 2.05) is 0 Å². The Bertz CT molecular complexity index is 565. The Labute approximate surface area is 126 Å². The Morgan fingerprint density at radius 2 is 1.90 bits per heavy atom. The predicted molar refractivity (Wildman–Crippen MR) is 83.7 cm³/mol. The van der Waals surface area contributed by atoms with E-state index in [9.17, 15) is 8.42 Å². The van der Waals surface area contributed by atoms with Crippen molar-refractivity contribution in [2.75, 3.05) is 11.9 Å². The number of hydrogen-bond donors (Lipinski definition) is 2. The fourth-order valence-corrected chi connectivity index (χ4v) is 3.39. The van der Waals surface area contributed by atoms with Crippen molar-refractivity contribution in [3.8, 4) is 0 Å². The van der Waals surface area contributed by atoms with E-state index in [1.54, 1.807) is 12.1 Å². The number of benzene rings is 1. The minimum atomic E-state index is -3.63. The quantitative estimate of drug-likeness (QED) is 0.875. The summed E-state index contributed by atoms with van der Waals surface area (Å²) < 4.78 is 28.4. The van der Waals surface area contributed by atoms with Crippen molar-refractivity contribution >= 4 is 15.7 Å². The third-order valence-electron chi connectivity index (χ3n) is 4.34. The van der Waals surface area contributed by atoms with Gasteiger partial charge in [0, 0.05) is 18.3 Å². The van der Waals surface area contributed by atoms with E-state index in [1.165, 1.54) is 12.1 Å². The molecule has 1 unspecified atom stereocenters. The van der Waals surface area contributed by atoms with Gasteiger partial charge < -0.3 is 10.1 Å². The van der Waals surface area contributed by atoms with Crippen LogP contribution < -0.4 is 10.5 Å². The van der Waals surface area contributed by atoms with E-state index in [0.29, 0.717) is 6.04 Å². The maximum absolute atomic E-state index is 11.2. The van der Waals surface area contributed by atoms with E-state index in [4.69, 9.17) is 9.88 Å². The molecule has 0 bridgehead atoms. The molecule has 0 aromatic heterocycles. The smallest absolute Gasteiger partial charge is 0.238 e. The maximum Gasteiger partial charge on any atom is 0.238 e. The Morgan fingerprint density at radius 1 is 1.29 bits per heavy atom. The average Bonchev–Trinajstić information content (AvgIpc) is 2.47. The Hall–Kier alpha value is -1.11. The van der Waals surface area contributed by atoms with Crippen molar-refractivity contribution in [2.45, 2.75) is 56.1 Å². The van der Waals surface area contributed by atoms with Gasteiger partial charge in [-0.1, -0.05) is 13.8 Å². The average molecular weight is 312 g/mol. The van der Waals surface area contributed by atoms with Crippen LogP contribution in [0.15, 0.2) is 29.2 Å². The van der Waals surface area contributed by atoms with E-state index < -0.39 is 10.0 Å². The molecule has 0 aliphatic carbocycles. The van der Waals surface area contributed by atoms with Crippen LogP contribution in [0.3, 0.4) is 0 Å². The Kier molecular flexibility index (Phi) is 4.91. The molecule has 1 saturated heterocycles. The molecule has 5 nitrogen and oxygen atoms in total. The summed E-state index contributed by atoms with van der Waals surface area (Å²) in [5.41, 5.74) is 0.881. The number of ether oxygens (including phenoxy) is 1. The number of rotatable bonds is 5. The third kappa shape index (κ3) is 3.96. The monoisotopic (exact) mass is 312 g/mol. The second-order valence-electron chi connectivity index (χ2n) is 5.64. The van der Waals surface area contributed by atoms with Gasteiger partial charge >= 0.3 is 0 Å². The summed E-state index contributed by atoms with van der Waals surface area (Å²) in [7, 11) is -3.63. The van der Waals surface area contributed by atoms with Crippen LogP contribution in [-0.4, -0.2) is 26.7 Å². The molecule has 6 heteroatoms. The summed E-state index contributed by atoms with van der Waals surface area (Å²) in [4.78, 5) is 0.136. The lowest BCUT2D eigenvalue weighted by Gasteiger charge is -2.40. The Morgan fingerprint density at radius 3 is 2.43 bits per heavy atom. The van der Waals surface area contributed by atoms with Gasteiger partial charge in [-0.15, -0.1) is 0 Å². The Balaban J connectivity index is 2.05. The minimum absolute atomic E-state index is 0.0313. The van der Waals surface area contributed by atoms with Crippen LogP contribution in [0.2, 0.25) is 0 Å². The van der Waals surface area contributed by atoms with Gasteiger partial charge in [0.05, 0.1) is 10.5 Å². The molecule has 1 aliphatic heterocycles. The first kappa shape index (κ1) is 16.3. The molecule has 1 atom stereocenters. The first-order valence-corrected chi connectivity index (χ1v) is 8.96. The number of nitrogens with one attached hydrogen (secondary N) is 1. The standard InChI is InChI=1S/C15H24N2O3S/c1-3-15(4-2)11-13(9-10-20-15)17-12-5-7-14(8-6-12)21(16,18)19/h5-8,13,17H,3-4,9-11H2,1-2H3,(H2,16,18,19). The van der Waals surface area contributed by atoms with Crippen molar-refractivity contribution in [1.82, 2.24) is 0 Å². The van der Waals surface area contributed by atoms with Crippen LogP contribution in [0.25, 0.3) is 0 Å². The molecule has 1 aromatic carbocycles. The molecule has 1 fully saturated rings. The third-order valence-corrected chi connectivity index (χ3v) is 5.26. The highest BCUT2D eigenvalue weighted by Gasteiger charge is 2.34. The van der Waals surface area contributed by atoms with Crippen molar-refractivity contribution in [3.63, 3.8) is 0 Å². The van der Waals surface area contributed by atoms with Crippen LogP contribution in [0, 0.1) is 0 Å². The minimum Gasteiger partial charge on any atom is -0.382 e. The topological polar surface area (TPSA) is 81.4 Å². The normalized spacial score (nSPS) is 22.0. The van der Waals surface area contributed by atoms with Gasteiger partial charge in [0.2, 0.25) is 10.0 Å². The molecule has 0 spiro atoms. The first-order chi connectivity index (χ1) is 9.88. The number of nitrogens with two attached hydrogens (primary N) is 1. The number of sulfonamides is 1. The molecule has 1 aliphatic rings. The SMILES string of the molecule is CCC1(CC)CC(Nc2ccc(S(N)(=O)=O)cc2)CCO1. The van der Waals surface area contributed by atoms with Crippen LogP contribution in [0.4, 0.5) is 5.69 Å². The summed E-state index contributed by atoms with van der Waals surface area (Å²) in [6, 6.07) is 6.93. The summed E-state index contributed by atoms with van der Waals surface area (Å²) >= 11 is 0. The molecule has 1 aromatic rings. The number of hydrogen-bond acceptors (Lipinski definition) is 4. The van der Waals surface area contributed by atoms with E-state index >= 15 is 0 Å². The van der Waals surface area contributed by atoms with Crippen LogP contribution in [0.5, 0.6) is 0 Å². The summed E-state index contributed by atoms with van der Waals surface area (Å²) in [6.07, 6.45) is 3.94. The highest BCUT2D eigenvalue weighted by atomic mass is 32.2. The van der Waals surface area contributed by atoms with Crippen molar-refractivity contribution < 1.29 is 13.2 Å². The largest absolute Gasteiger partial charge is 0.382 e. The van der Waals surface area contributed by atoms with Crippen LogP contribution in [-0.2, 0) is 14.8 Å². The van der Waals surface area contributed by atoms with Crippen molar-refractivity contribution in [3.05, 3.63) is 24.3 Å². The van der Waals surface area contributed by atoms with Gasteiger partial charge in [-0.2, -0.15) is 0 Å². The van der Waals surface area contributed by atoms with Gasteiger partial charge in [-0.25, -0.2) is 13.6 Å². The van der Waals surface area contributed by atoms with Crippen molar-refractivity contribution in [1.29, 1.82) is 0 Å². The number of primary sulfonamides is 1. The van der Waals surface area contributed by atoms with Gasteiger partial charge in [0.15, 0.2) is 0 Å². The molecule has 3 N–H and O–H groups in total. The zero-order chi connectivity index (χ0) is 15.5. The fraction of sp³-hybridized carbons (Fsp3) is 0.600. The van der Waals surface area contributed by atoms with E-state index in [2.05, 4.69) is 19.2 Å². The molecular formula is C15H24N2O3S. The molecular weight excluding hydrogens is 288 g/mol. The zero-order valence-electron chi connectivity index (χ0n) is 12.6. The van der Waals surface area contributed by atoms with Crippen molar-refractivity contribution in [2.24, 2.45) is 5.14 Å². The van der Waals surface area contributed by atoms with Crippen LogP contribution >= 0.6 is 0 Å². The zero-order valence-corrected chi connectivity index (χ0v) is 13.4. The van der Waals surface area contributed by atoms with Gasteiger partial charge in [0.25, 0.3) is 0 Å².